The Morgan fingerprint density at radius 3 is 2.85 bits per heavy atom. The van der Waals surface area contributed by atoms with E-state index in [9.17, 15) is 9.59 Å². The normalized spacial score (nSPS) is 18.2. The lowest BCUT2D eigenvalue weighted by molar-refractivity contribution is 0.0810. The van der Waals surface area contributed by atoms with E-state index in [0.29, 0.717) is 24.4 Å². The van der Waals surface area contributed by atoms with E-state index in [1.165, 1.54) is 0 Å². The van der Waals surface area contributed by atoms with Crippen LogP contribution in [0.5, 0.6) is 0 Å². The van der Waals surface area contributed by atoms with Gasteiger partial charge in [0.2, 0.25) is 0 Å². The molecule has 0 N–H and O–H groups in total. The number of hydrogen-bond donors (Lipinski definition) is 0. The van der Waals surface area contributed by atoms with Gasteiger partial charge < -0.3 is 9.32 Å². The third-order valence-corrected chi connectivity index (χ3v) is 5.01. The molecule has 4 rings (SSSR count). The van der Waals surface area contributed by atoms with Crippen molar-refractivity contribution in [2.24, 2.45) is 5.92 Å². The Morgan fingerprint density at radius 2 is 2.00 bits per heavy atom. The Bertz CT molecular complexity index is 961. The lowest BCUT2D eigenvalue weighted by atomic mass is 9.92. The fourth-order valence-electron chi connectivity index (χ4n) is 3.66. The van der Waals surface area contributed by atoms with Crippen LogP contribution >= 0.6 is 0 Å². The molecular formula is C20H21N3O3. The molecule has 1 atom stereocenters. The molecule has 1 fully saturated rings. The Hall–Kier alpha value is -2.73. The van der Waals surface area contributed by atoms with Gasteiger partial charge in [0.15, 0.2) is 11.4 Å². The van der Waals surface area contributed by atoms with Crippen LogP contribution in [-0.2, 0) is 6.54 Å². The summed E-state index contributed by atoms with van der Waals surface area (Å²) < 4.78 is 6.95. The van der Waals surface area contributed by atoms with E-state index in [-0.39, 0.29) is 17.5 Å². The number of aromatic nitrogens is 2. The van der Waals surface area contributed by atoms with E-state index in [1.807, 2.05) is 30.3 Å². The fraction of sp³-hybridized carbons (Fsp3) is 0.350. The molecule has 3 heterocycles. The molecular weight excluding hydrogens is 330 g/mol. The molecule has 1 aliphatic rings. The smallest absolute Gasteiger partial charge is 0.408 e. The minimum Gasteiger partial charge on any atom is -0.408 e. The first-order valence-corrected chi connectivity index (χ1v) is 8.98. The molecule has 0 radical (unpaired) electrons. The number of pyridine rings is 1. The summed E-state index contributed by atoms with van der Waals surface area (Å²) in [6.07, 6.45) is 3.52. The second kappa shape index (κ2) is 7.25. The standard InChI is InChI=1S/C20H21N3O3/c24-19(16-7-3-4-10-21-16)15-6-5-11-22(14-15)12-13-23-17-8-1-2-9-18(17)26-20(23)25/h1-4,7-10,15H,5-6,11-14H2/t15-/m0/s1. The zero-order chi connectivity index (χ0) is 17.9. The first-order chi connectivity index (χ1) is 12.7. The number of fused-ring (bicyclic) bond motifs is 1. The van der Waals surface area contributed by atoms with Crippen LogP contribution in [0.4, 0.5) is 0 Å². The molecule has 0 bridgehead atoms. The van der Waals surface area contributed by atoms with Gasteiger partial charge in [0.25, 0.3) is 0 Å². The van der Waals surface area contributed by atoms with E-state index in [2.05, 4.69) is 9.88 Å². The molecule has 0 aliphatic carbocycles. The predicted octanol–water partition coefficient (Wildman–Crippen LogP) is 2.58. The van der Waals surface area contributed by atoms with E-state index in [0.717, 1.165) is 31.4 Å². The van der Waals surface area contributed by atoms with Crippen molar-refractivity contribution in [3.05, 3.63) is 64.9 Å². The number of carbonyl (C=O) groups excluding carboxylic acids is 1. The Kier molecular flexibility index (Phi) is 4.67. The number of piperidine rings is 1. The fourth-order valence-corrected chi connectivity index (χ4v) is 3.66. The zero-order valence-electron chi connectivity index (χ0n) is 14.5. The van der Waals surface area contributed by atoms with Crippen molar-refractivity contribution in [3.63, 3.8) is 0 Å². The summed E-state index contributed by atoms with van der Waals surface area (Å²) in [6.45, 7) is 2.92. The SMILES string of the molecule is O=C(c1ccccn1)[C@H]1CCCN(CCn2c(=O)oc3ccccc32)C1. The number of benzene rings is 1. The van der Waals surface area contributed by atoms with Gasteiger partial charge in [0.05, 0.1) is 5.52 Å². The van der Waals surface area contributed by atoms with Crippen LogP contribution < -0.4 is 5.76 Å². The molecule has 26 heavy (non-hydrogen) atoms. The van der Waals surface area contributed by atoms with Gasteiger partial charge in [-0.05, 0) is 43.7 Å². The third kappa shape index (κ3) is 3.32. The quantitative estimate of drug-likeness (QED) is 0.661. The number of hydrogen-bond acceptors (Lipinski definition) is 5. The number of ketones is 1. The highest BCUT2D eigenvalue weighted by atomic mass is 16.4. The zero-order valence-corrected chi connectivity index (χ0v) is 14.5. The van der Waals surface area contributed by atoms with E-state index >= 15 is 0 Å². The topological polar surface area (TPSA) is 68.3 Å². The molecule has 1 aromatic carbocycles. The van der Waals surface area contributed by atoms with Crippen molar-refractivity contribution < 1.29 is 9.21 Å². The molecule has 1 aliphatic heterocycles. The highest BCUT2D eigenvalue weighted by Gasteiger charge is 2.27. The number of para-hydroxylation sites is 2. The number of nitrogens with zero attached hydrogens (tertiary/aromatic N) is 3. The van der Waals surface area contributed by atoms with Gasteiger partial charge in [-0.1, -0.05) is 18.2 Å². The van der Waals surface area contributed by atoms with E-state index in [4.69, 9.17) is 4.42 Å². The van der Waals surface area contributed by atoms with Crippen molar-refractivity contribution in [1.29, 1.82) is 0 Å². The van der Waals surface area contributed by atoms with Gasteiger partial charge in [-0.15, -0.1) is 0 Å². The summed E-state index contributed by atoms with van der Waals surface area (Å²) in [5, 5.41) is 0. The largest absolute Gasteiger partial charge is 0.419 e. The van der Waals surface area contributed by atoms with Crippen molar-refractivity contribution in [1.82, 2.24) is 14.5 Å². The van der Waals surface area contributed by atoms with Crippen LogP contribution in [0.2, 0.25) is 0 Å². The molecule has 0 unspecified atom stereocenters. The summed E-state index contributed by atoms with van der Waals surface area (Å²) in [5.74, 6) is -0.248. The maximum absolute atomic E-state index is 12.6. The Morgan fingerprint density at radius 1 is 1.15 bits per heavy atom. The van der Waals surface area contributed by atoms with Gasteiger partial charge in [0.1, 0.15) is 5.69 Å². The minimum atomic E-state index is -0.329. The molecule has 0 amide bonds. The molecule has 6 nitrogen and oxygen atoms in total. The van der Waals surface area contributed by atoms with Crippen LogP contribution in [0.25, 0.3) is 11.1 Å². The lowest BCUT2D eigenvalue weighted by Gasteiger charge is -2.31. The van der Waals surface area contributed by atoms with Crippen LogP contribution in [-0.4, -0.2) is 39.9 Å². The molecule has 0 spiro atoms. The lowest BCUT2D eigenvalue weighted by Crippen LogP contribution is -2.41. The number of rotatable bonds is 5. The van der Waals surface area contributed by atoms with Gasteiger partial charge in [0, 0.05) is 31.7 Å². The van der Waals surface area contributed by atoms with E-state index < -0.39 is 0 Å². The summed E-state index contributed by atoms with van der Waals surface area (Å²) >= 11 is 0. The number of Topliss-reactive ketones (excluding diaryl/α,β-unsaturated/α-hetero) is 1. The molecule has 1 saturated heterocycles. The highest BCUT2D eigenvalue weighted by Crippen LogP contribution is 2.20. The van der Waals surface area contributed by atoms with Crippen molar-refractivity contribution in [3.8, 4) is 0 Å². The van der Waals surface area contributed by atoms with Crippen molar-refractivity contribution in [2.75, 3.05) is 19.6 Å². The van der Waals surface area contributed by atoms with E-state index in [1.54, 1.807) is 22.9 Å². The second-order valence-electron chi connectivity index (χ2n) is 6.71. The summed E-state index contributed by atoms with van der Waals surface area (Å²) in [4.78, 5) is 31.2. The maximum Gasteiger partial charge on any atom is 0.419 e. The molecule has 3 aromatic rings. The van der Waals surface area contributed by atoms with Crippen molar-refractivity contribution >= 4 is 16.9 Å². The van der Waals surface area contributed by atoms with Crippen molar-refractivity contribution in [2.45, 2.75) is 19.4 Å². The Labute approximate surface area is 151 Å². The van der Waals surface area contributed by atoms with Gasteiger partial charge in [-0.2, -0.15) is 0 Å². The highest BCUT2D eigenvalue weighted by molar-refractivity contribution is 5.96. The molecule has 0 saturated carbocycles. The minimum absolute atomic E-state index is 0.0311. The number of oxazole rings is 1. The van der Waals surface area contributed by atoms with Crippen LogP contribution in [0.1, 0.15) is 23.3 Å². The third-order valence-electron chi connectivity index (χ3n) is 5.01. The van der Waals surface area contributed by atoms with Gasteiger partial charge in [-0.25, -0.2) is 4.79 Å². The van der Waals surface area contributed by atoms with Gasteiger partial charge >= 0.3 is 5.76 Å². The summed E-state index contributed by atoms with van der Waals surface area (Å²) in [7, 11) is 0. The number of carbonyl (C=O) groups is 1. The average Bonchev–Trinajstić information content (AvgIpc) is 3.02. The monoisotopic (exact) mass is 351 g/mol. The average molecular weight is 351 g/mol. The maximum atomic E-state index is 12.6. The molecule has 2 aromatic heterocycles. The first-order valence-electron chi connectivity index (χ1n) is 8.98. The molecule has 134 valence electrons. The first kappa shape index (κ1) is 16.7. The van der Waals surface area contributed by atoms with Crippen LogP contribution in [0.3, 0.4) is 0 Å². The van der Waals surface area contributed by atoms with Crippen LogP contribution in [0, 0.1) is 5.92 Å². The second-order valence-corrected chi connectivity index (χ2v) is 6.71. The molecule has 6 heteroatoms. The van der Waals surface area contributed by atoms with Gasteiger partial charge in [-0.3, -0.25) is 14.3 Å². The Balaban J connectivity index is 1.43. The van der Waals surface area contributed by atoms with Crippen LogP contribution in [0.15, 0.2) is 57.9 Å². The summed E-state index contributed by atoms with van der Waals surface area (Å²) in [5.41, 5.74) is 1.96. The summed E-state index contributed by atoms with van der Waals surface area (Å²) in [6, 6.07) is 12.9. The predicted molar refractivity (Wildman–Crippen MR) is 98.2 cm³/mol. The number of likely N-dealkylation sites (tertiary alicyclic amines) is 1.